The standard InChI is InChI=1S/C23H25N5O4S2/c1-32-20-5-2-17(3-6-20)22-24-19(16-33-22)15-26-8-10-27(11-9-26)23(29)18-4-7-21-25-34(30,31)13-12-28(21)14-18/h2-7,14,16H,8-13,15H2,1H3. The molecule has 0 radical (unpaired) electrons. The minimum atomic E-state index is -3.41. The number of hydrogen-bond donors (Lipinski definition) is 0. The summed E-state index contributed by atoms with van der Waals surface area (Å²) in [5, 5.41) is 3.07. The van der Waals surface area contributed by atoms with E-state index < -0.39 is 10.0 Å². The number of methoxy groups -OCH3 is 1. The number of sulfonamides is 1. The summed E-state index contributed by atoms with van der Waals surface area (Å²) >= 11 is 1.63. The zero-order valence-corrected chi connectivity index (χ0v) is 20.4. The minimum Gasteiger partial charge on any atom is -0.497 e. The fourth-order valence-electron chi connectivity index (χ4n) is 4.09. The second-order valence-electron chi connectivity index (χ2n) is 8.29. The smallest absolute Gasteiger partial charge is 0.256 e. The van der Waals surface area contributed by atoms with Gasteiger partial charge in [-0.25, -0.2) is 13.4 Å². The van der Waals surface area contributed by atoms with E-state index in [4.69, 9.17) is 9.72 Å². The molecule has 0 spiro atoms. The molecule has 0 N–H and O–H groups in total. The number of fused-ring (bicyclic) bond motifs is 1. The maximum Gasteiger partial charge on any atom is 0.256 e. The van der Waals surface area contributed by atoms with Crippen LogP contribution in [0.1, 0.15) is 5.69 Å². The van der Waals surface area contributed by atoms with Gasteiger partial charge in [0.2, 0.25) is 0 Å². The van der Waals surface area contributed by atoms with Gasteiger partial charge in [0, 0.05) is 56.4 Å². The Hall–Kier alpha value is -3.02. The first-order chi connectivity index (χ1) is 16.4. The Balaban J connectivity index is 1.16. The van der Waals surface area contributed by atoms with Crippen molar-refractivity contribution in [1.29, 1.82) is 0 Å². The number of nitrogens with zero attached hydrogens (tertiary/aromatic N) is 5. The fourth-order valence-corrected chi connectivity index (χ4v) is 5.88. The largest absolute Gasteiger partial charge is 0.497 e. The van der Waals surface area contributed by atoms with Gasteiger partial charge in [-0.05, 0) is 36.4 Å². The van der Waals surface area contributed by atoms with E-state index in [0.717, 1.165) is 41.6 Å². The van der Waals surface area contributed by atoms with Gasteiger partial charge in [-0.15, -0.1) is 15.7 Å². The van der Waals surface area contributed by atoms with Crippen molar-refractivity contribution in [2.45, 2.75) is 6.54 Å². The maximum absolute atomic E-state index is 13.0. The van der Waals surface area contributed by atoms with Crippen LogP contribution in [0.25, 0.3) is 10.6 Å². The number of ether oxygens (including phenoxy) is 1. The number of carbonyl (C=O) groups excluding carboxylic acids is 1. The minimum absolute atomic E-state index is 0.0427. The topological polar surface area (TPSA) is 95.4 Å². The fraction of sp³-hybridized carbons (Fsp3) is 0.348. The molecule has 0 atom stereocenters. The molecule has 1 aromatic carbocycles. The van der Waals surface area contributed by atoms with E-state index in [1.54, 1.807) is 41.7 Å². The highest BCUT2D eigenvalue weighted by Crippen LogP contribution is 2.26. The van der Waals surface area contributed by atoms with Gasteiger partial charge in [-0.1, -0.05) is 0 Å². The predicted molar refractivity (Wildman–Crippen MR) is 131 cm³/mol. The molecule has 1 amide bonds. The lowest BCUT2D eigenvalue weighted by atomic mass is 10.1. The van der Waals surface area contributed by atoms with Crippen molar-refractivity contribution in [3.8, 4) is 16.3 Å². The highest BCUT2D eigenvalue weighted by atomic mass is 32.2. The Morgan fingerprint density at radius 3 is 2.59 bits per heavy atom. The average Bonchev–Trinajstić information content (AvgIpc) is 3.32. The van der Waals surface area contributed by atoms with Crippen LogP contribution in [0.2, 0.25) is 0 Å². The molecule has 178 valence electrons. The summed E-state index contributed by atoms with van der Waals surface area (Å²) < 4.78 is 32.3. The molecule has 1 fully saturated rings. The molecule has 2 aromatic rings. The molecule has 34 heavy (non-hydrogen) atoms. The van der Waals surface area contributed by atoms with Gasteiger partial charge in [-0.2, -0.15) is 0 Å². The third-order valence-electron chi connectivity index (χ3n) is 6.00. The van der Waals surface area contributed by atoms with Gasteiger partial charge < -0.3 is 14.5 Å². The monoisotopic (exact) mass is 499 g/mol. The SMILES string of the molecule is COc1ccc(-c2nc(CN3CCN(C(=O)C4=CN5CCS(=O)(=O)N=C5C=C4)CC3)cs2)cc1. The van der Waals surface area contributed by atoms with E-state index in [1.807, 2.05) is 29.2 Å². The number of amides is 1. The maximum atomic E-state index is 13.0. The number of thiazole rings is 1. The van der Waals surface area contributed by atoms with E-state index in [-0.39, 0.29) is 11.7 Å². The van der Waals surface area contributed by atoms with E-state index in [0.29, 0.717) is 31.0 Å². The third kappa shape index (κ3) is 4.91. The molecule has 4 heterocycles. The zero-order valence-electron chi connectivity index (χ0n) is 18.8. The van der Waals surface area contributed by atoms with Crippen LogP contribution in [-0.4, -0.2) is 85.4 Å². The number of benzene rings is 1. The van der Waals surface area contributed by atoms with Crippen LogP contribution in [0.4, 0.5) is 0 Å². The molecule has 0 aliphatic carbocycles. The first kappa shape index (κ1) is 22.8. The van der Waals surface area contributed by atoms with Crippen LogP contribution >= 0.6 is 11.3 Å². The summed E-state index contributed by atoms with van der Waals surface area (Å²) in [6, 6.07) is 7.89. The molecule has 0 saturated carbocycles. The van der Waals surface area contributed by atoms with Gasteiger partial charge in [0.05, 0.1) is 24.1 Å². The first-order valence-corrected chi connectivity index (χ1v) is 13.5. The van der Waals surface area contributed by atoms with E-state index in [9.17, 15) is 13.2 Å². The van der Waals surface area contributed by atoms with Gasteiger partial charge in [-0.3, -0.25) is 9.69 Å². The third-order valence-corrected chi connectivity index (χ3v) is 8.11. The number of carbonyl (C=O) groups is 1. The molecule has 0 bridgehead atoms. The Morgan fingerprint density at radius 2 is 1.85 bits per heavy atom. The van der Waals surface area contributed by atoms with Gasteiger partial charge in [0.15, 0.2) is 0 Å². The Bertz CT molecular complexity index is 1270. The molecular formula is C23H25N5O4S2. The summed E-state index contributed by atoms with van der Waals surface area (Å²) in [6.45, 7) is 3.87. The number of hydrogen-bond acceptors (Lipinski definition) is 8. The van der Waals surface area contributed by atoms with Crippen molar-refractivity contribution in [3.05, 3.63) is 59.3 Å². The molecular weight excluding hydrogens is 474 g/mol. The Labute approximate surface area is 202 Å². The number of amidine groups is 1. The average molecular weight is 500 g/mol. The summed E-state index contributed by atoms with van der Waals surface area (Å²) in [7, 11) is -1.75. The molecule has 11 heteroatoms. The van der Waals surface area contributed by atoms with Gasteiger partial charge in [0.1, 0.15) is 16.6 Å². The Kier molecular flexibility index (Phi) is 6.24. The summed E-state index contributed by atoms with van der Waals surface area (Å²) in [6.07, 6.45) is 4.96. The molecule has 1 saturated heterocycles. The van der Waals surface area contributed by atoms with Crippen LogP contribution in [-0.2, 0) is 21.4 Å². The van der Waals surface area contributed by atoms with Gasteiger partial charge >= 0.3 is 0 Å². The molecule has 5 rings (SSSR count). The van der Waals surface area contributed by atoms with Crippen molar-refractivity contribution < 1.29 is 17.9 Å². The summed E-state index contributed by atoms with van der Waals surface area (Å²) in [4.78, 5) is 23.7. The quantitative estimate of drug-likeness (QED) is 0.621. The highest BCUT2D eigenvalue weighted by Gasteiger charge is 2.28. The van der Waals surface area contributed by atoms with Crippen LogP contribution in [0, 0.1) is 0 Å². The second-order valence-corrected chi connectivity index (χ2v) is 10.9. The van der Waals surface area contributed by atoms with E-state index >= 15 is 0 Å². The normalized spacial score (nSPS) is 19.9. The van der Waals surface area contributed by atoms with Crippen LogP contribution < -0.4 is 4.74 Å². The number of rotatable bonds is 5. The van der Waals surface area contributed by atoms with Crippen molar-refractivity contribution in [1.82, 2.24) is 19.7 Å². The second kappa shape index (κ2) is 9.32. The predicted octanol–water partition coefficient (Wildman–Crippen LogP) is 1.96. The van der Waals surface area contributed by atoms with Crippen LogP contribution in [0.5, 0.6) is 5.75 Å². The van der Waals surface area contributed by atoms with Crippen molar-refractivity contribution in [2.24, 2.45) is 4.40 Å². The molecule has 3 aliphatic rings. The van der Waals surface area contributed by atoms with Crippen molar-refractivity contribution in [2.75, 3.05) is 45.6 Å². The lowest BCUT2D eigenvalue weighted by Crippen LogP contribution is -2.49. The molecule has 9 nitrogen and oxygen atoms in total. The molecule has 3 aliphatic heterocycles. The molecule has 0 unspecified atom stereocenters. The van der Waals surface area contributed by atoms with E-state index in [2.05, 4.69) is 14.7 Å². The lowest BCUT2D eigenvalue weighted by molar-refractivity contribution is -0.128. The lowest BCUT2D eigenvalue weighted by Gasteiger charge is -2.35. The zero-order chi connectivity index (χ0) is 23.7. The molecule has 1 aromatic heterocycles. The highest BCUT2D eigenvalue weighted by molar-refractivity contribution is 7.90. The van der Waals surface area contributed by atoms with Crippen molar-refractivity contribution in [3.63, 3.8) is 0 Å². The summed E-state index contributed by atoms with van der Waals surface area (Å²) in [5.41, 5.74) is 2.65. The van der Waals surface area contributed by atoms with Gasteiger partial charge in [0.25, 0.3) is 15.9 Å². The van der Waals surface area contributed by atoms with Crippen LogP contribution in [0.15, 0.2) is 58.0 Å². The van der Waals surface area contributed by atoms with Crippen LogP contribution in [0.3, 0.4) is 0 Å². The number of piperazine rings is 1. The first-order valence-electron chi connectivity index (χ1n) is 11.0. The number of aromatic nitrogens is 1. The summed E-state index contributed by atoms with van der Waals surface area (Å²) in [5.74, 6) is 1.10. The van der Waals surface area contributed by atoms with Crippen molar-refractivity contribution >= 4 is 33.1 Å². The Morgan fingerprint density at radius 1 is 1.09 bits per heavy atom. The van der Waals surface area contributed by atoms with E-state index in [1.165, 1.54) is 0 Å².